The Morgan fingerprint density at radius 2 is 1.57 bits per heavy atom. The molecule has 0 aliphatic carbocycles. The van der Waals surface area contributed by atoms with Crippen molar-refractivity contribution in [3.63, 3.8) is 0 Å². The van der Waals surface area contributed by atoms with Crippen molar-refractivity contribution < 1.29 is 22.8 Å². The van der Waals surface area contributed by atoms with E-state index in [9.17, 15) is 0 Å². The third-order valence-corrected chi connectivity index (χ3v) is 7.02. The minimum Gasteiger partial charge on any atom is -0.379 e. The molecule has 1 unspecified atom stereocenters. The molecule has 0 amide bonds. The third kappa shape index (κ3) is 10.5. The normalized spacial score (nSPS) is 17.6. The van der Waals surface area contributed by atoms with Crippen molar-refractivity contribution in [2.75, 3.05) is 40.6 Å². The van der Waals surface area contributed by atoms with E-state index < -0.39 is 8.80 Å². The molecule has 0 spiro atoms. The van der Waals surface area contributed by atoms with Crippen LogP contribution in [-0.2, 0) is 22.8 Å². The molecule has 1 aliphatic rings. The van der Waals surface area contributed by atoms with Crippen LogP contribution in [0.25, 0.3) is 0 Å². The van der Waals surface area contributed by atoms with Crippen LogP contribution in [0.4, 0.5) is 0 Å². The van der Waals surface area contributed by atoms with Crippen LogP contribution in [0.3, 0.4) is 0 Å². The molecule has 1 fully saturated rings. The van der Waals surface area contributed by atoms with Crippen LogP contribution < -0.4 is 0 Å². The lowest BCUT2D eigenvalue weighted by Crippen LogP contribution is -2.44. The van der Waals surface area contributed by atoms with E-state index in [1.807, 2.05) is 0 Å². The van der Waals surface area contributed by atoms with Crippen LogP contribution in [0.15, 0.2) is 0 Å². The summed E-state index contributed by atoms with van der Waals surface area (Å²) in [5, 5.41) is 0. The van der Waals surface area contributed by atoms with Gasteiger partial charge in [0.15, 0.2) is 0 Å². The number of epoxide rings is 1. The first-order valence-electron chi connectivity index (χ1n) is 9.20. The molecule has 0 saturated carbocycles. The topological polar surface area (TPSA) is 49.5 Å². The molecule has 0 bridgehead atoms. The van der Waals surface area contributed by atoms with E-state index in [1.54, 1.807) is 14.2 Å². The molecule has 0 aromatic carbocycles. The summed E-state index contributed by atoms with van der Waals surface area (Å²) in [6.07, 6.45) is 9.95. The van der Waals surface area contributed by atoms with Gasteiger partial charge in [0, 0.05) is 33.5 Å². The van der Waals surface area contributed by atoms with Crippen LogP contribution in [0.5, 0.6) is 0 Å². The highest BCUT2D eigenvalue weighted by atomic mass is 28.4. The fraction of sp³-hybridized carbons (Fsp3) is 1.00. The van der Waals surface area contributed by atoms with E-state index in [0.29, 0.717) is 12.7 Å². The zero-order valence-electron chi connectivity index (χ0n) is 15.3. The smallest absolute Gasteiger partial charge is 0.379 e. The second-order valence-corrected chi connectivity index (χ2v) is 9.17. The van der Waals surface area contributed by atoms with Gasteiger partial charge in [0.25, 0.3) is 0 Å². The molecule has 0 aromatic rings. The van der Waals surface area contributed by atoms with Gasteiger partial charge in [-0.3, -0.25) is 0 Å². The number of unbranched alkanes of at least 4 members (excludes halogenated alkanes) is 6. The predicted molar refractivity (Wildman–Crippen MR) is 93.7 cm³/mol. The quantitative estimate of drug-likeness (QED) is 0.227. The van der Waals surface area contributed by atoms with Gasteiger partial charge in [-0.05, 0) is 19.3 Å². The van der Waals surface area contributed by atoms with Gasteiger partial charge in [0.2, 0.25) is 0 Å². The standard InChI is InChI=1S/C17H36O5Si/c1-4-5-6-7-8-11-14-23(18-2,19-3)22-13-10-9-12-20-15-17-16-21-17/h17H,4-16H2,1-3H3. The Kier molecular flexibility index (Phi) is 12.2. The summed E-state index contributed by atoms with van der Waals surface area (Å²) in [7, 11) is 0.979. The van der Waals surface area contributed by atoms with Gasteiger partial charge in [-0.1, -0.05) is 39.0 Å². The number of rotatable bonds is 17. The fourth-order valence-corrected chi connectivity index (χ4v) is 4.61. The van der Waals surface area contributed by atoms with Gasteiger partial charge < -0.3 is 22.8 Å². The lowest BCUT2D eigenvalue weighted by Gasteiger charge is -2.26. The van der Waals surface area contributed by atoms with Crippen LogP contribution in [0.1, 0.15) is 58.3 Å². The molecule has 1 saturated heterocycles. The minimum absolute atomic E-state index is 0.352. The maximum Gasteiger partial charge on any atom is 0.500 e. The Labute approximate surface area is 143 Å². The Bertz CT molecular complexity index is 270. The summed E-state index contributed by atoms with van der Waals surface area (Å²) in [4.78, 5) is 0. The summed E-state index contributed by atoms with van der Waals surface area (Å²) >= 11 is 0. The van der Waals surface area contributed by atoms with Crippen molar-refractivity contribution >= 4 is 8.80 Å². The lowest BCUT2D eigenvalue weighted by molar-refractivity contribution is 0.0843. The van der Waals surface area contributed by atoms with Crippen molar-refractivity contribution in [3.05, 3.63) is 0 Å². The zero-order chi connectivity index (χ0) is 16.8. The van der Waals surface area contributed by atoms with Gasteiger partial charge in [0.1, 0.15) is 6.10 Å². The van der Waals surface area contributed by atoms with Crippen molar-refractivity contribution in [2.24, 2.45) is 0 Å². The van der Waals surface area contributed by atoms with Gasteiger partial charge in [0.05, 0.1) is 13.2 Å². The average molecular weight is 349 g/mol. The Balaban J connectivity index is 2.03. The number of ether oxygens (including phenoxy) is 2. The highest BCUT2D eigenvalue weighted by Gasteiger charge is 2.38. The summed E-state index contributed by atoms with van der Waals surface area (Å²) in [5.74, 6) is 0. The highest BCUT2D eigenvalue weighted by Crippen LogP contribution is 2.19. The van der Waals surface area contributed by atoms with Crippen LogP contribution in [0.2, 0.25) is 6.04 Å². The maximum absolute atomic E-state index is 6.01. The summed E-state index contributed by atoms with van der Waals surface area (Å²) < 4.78 is 27.9. The van der Waals surface area contributed by atoms with E-state index in [0.717, 1.165) is 45.1 Å². The van der Waals surface area contributed by atoms with Gasteiger partial charge in [-0.25, -0.2) is 0 Å². The van der Waals surface area contributed by atoms with E-state index in [-0.39, 0.29) is 0 Å². The minimum atomic E-state index is -2.45. The maximum atomic E-state index is 6.01. The molecule has 6 heteroatoms. The highest BCUT2D eigenvalue weighted by molar-refractivity contribution is 6.60. The summed E-state index contributed by atoms with van der Waals surface area (Å²) in [6, 6.07) is 0.918. The van der Waals surface area contributed by atoms with Crippen LogP contribution in [0, 0.1) is 0 Å². The first kappa shape index (κ1) is 21.1. The van der Waals surface area contributed by atoms with Crippen molar-refractivity contribution in [2.45, 2.75) is 70.4 Å². The van der Waals surface area contributed by atoms with E-state index in [2.05, 4.69) is 6.92 Å². The van der Waals surface area contributed by atoms with Gasteiger partial charge in [-0.2, -0.15) is 0 Å². The molecule has 1 aliphatic heterocycles. The number of hydrogen-bond donors (Lipinski definition) is 0. The first-order chi connectivity index (χ1) is 11.3. The molecule has 1 heterocycles. The first-order valence-corrected chi connectivity index (χ1v) is 11.1. The van der Waals surface area contributed by atoms with Crippen molar-refractivity contribution in [1.82, 2.24) is 0 Å². The van der Waals surface area contributed by atoms with E-state index in [1.165, 1.54) is 32.1 Å². The SMILES string of the molecule is CCCCCCCC[Si](OC)(OC)OCCCCOCC1CO1. The largest absolute Gasteiger partial charge is 0.500 e. The third-order valence-electron chi connectivity index (χ3n) is 4.17. The Hall–Kier alpha value is 0.0169. The lowest BCUT2D eigenvalue weighted by atomic mass is 10.1. The van der Waals surface area contributed by atoms with Gasteiger partial charge in [-0.15, -0.1) is 0 Å². The molecular weight excluding hydrogens is 312 g/mol. The zero-order valence-corrected chi connectivity index (χ0v) is 16.3. The second-order valence-electron chi connectivity index (χ2n) is 6.19. The van der Waals surface area contributed by atoms with Crippen molar-refractivity contribution in [1.29, 1.82) is 0 Å². The molecule has 138 valence electrons. The predicted octanol–water partition coefficient (Wildman–Crippen LogP) is 3.79. The molecule has 5 nitrogen and oxygen atoms in total. The monoisotopic (exact) mass is 348 g/mol. The van der Waals surface area contributed by atoms with Crippen LogP contribution in [-0.4, -0.2) is 55.6 Å². The molecule has 0 aromatic heterocycles. The molecular formula is C17H36O5Si. The van der Waals surface area contributed by atoms with E-state index >= 15 is 0 Å². The fourth-order valence-electron chi connectivity index (χ4n) is 2.51. The summed E-state index contributed by atoms with van der Waals surface area (Å²) in [6.45, 7) is 5.29. The molecule has 1 rings (SSSR count). The second kappa shape index (κ2) is 13.3. The Morgan fingerprint density at radius 1 is 0.913 bits per heavy atom. The molecule has 0 radical (unpaired) electrons. The van der Waals surface area contributed by atoms with Crippen molar-refractivity contribution in [3.8, 4) is 0 Å². The molecule has 1 atom stereocenters. The number of hydrogen-bond acceptors (Lipinski definition) is 5. The summed E-state index contributed by atoms with van der Waals surface area (Å²) in [5.41, 5.74) is 0. The molecule has 0 N–H and O–H groups in total. The van der Waals surface area contributed by atoms with Crippen LogP contribution >= 0.6 is 0 Å². The van der Waals surface area contributed by atoms with E-state index in [4.69, 9.17) is 22.8 Å². The Morgan fingerprint density at radius 3 is 2.22 bits per heavy atom. The average Bonchev–Trinajstić information content (AvgIpc) is 3.39. The molecule has 23 heavy (non-hydrogen) atoms. The van der Waals surface area contributed by atoms with Gasteiger partial charge >= 0.3 is 8.80 Å².